The van der Waals surface area contributed by atoms with E-state index < -0.39 is 0 Å². The van der Waals surface area contributed by atoms with Crippen LogP contribution in [0.3, 0.4) is 0 Å². The molecule has 47 heavy (non-hydrogen) atoms. The number of para-hydroxylation sites is 1. The smallest absolute Gasteiger partial charge is 0.248 e. The highest BCUT2D eigenvalue weighted by atomic mass is 16.4. The zero-order chi connectivity index (χ0) is 31.2. The molecule has 0 bridgehead atoms. The van der Waals surface area contributed by atoms with Gasteiger partial charge in [-0.25, -0.2) is 0 Å². The van der Waals surface area contributed by atoms with E-state index in [0.717, 1.165) is 66.4 Å². The Kier molecular flexibility index (Phi) is 6.31. The molecule has 222 valence electrons. The number of fused-ring (bicyclic) bond motifs is 3. The summed E-state index contributed by atoms with van der Waals surface area (Å²) in [6.45, 7) is 0. The minimum absolute atomic E-state index is 0.467. The third kappa shape index (κ3) is 4.78. The van der Waals surface area contributed by atoms with Crippen LogP contribution >= 0.6 is 0 Å². The molecule has 0 amide bonds. The number of benzene rings is 6. The molecule has 6 aromatic carbocycles. The predicted molar refractivity (Wildman–Crippen MR) is 182 cm³/mol. The molecule has 0 radical (unpaired) electrons. The largest absolute Gasteiger partial charge is 0.456 e. The molecule has 0 unspecified atom stereocenters. The SMILES string of the molecule is c1ccc(-c2nnc(-c3ccc(-c4ccc5oc6ccccc6c5c4-c4ccc(-c5nnc(-c6ccccc6)o5)cc4)cc3)o2)cc1. The standard InChI is InChI=1S/C40H24N4O3/c1-3-9-27(10-4-1)37-41-43-39(46-37)29-19-15-25(16-20-29)31-23-24-34-36(32-13-7-8-14-33(32)45-34)35(31)26-17-21-30(22-18-26)40-44-42-38(47-40)28-11-5-2-6-12-28/h1-24H. The van der Waals surface area contributed by atoms with Crippen LogP contribution in [-0.4, -0.2) is 20.4 Å². The van der Waals surface area contributed by atoms with Crippen molar-refractivity contribution in [2.24, 2.45) is 0 Å². The molecule has 0 saturated heterocycles. The van der Waals surface area contributed by atoms with Gasteiger partial charge in [0.1, 0.15) is 11.2 Å². The fourth-order valence-electron chi connectivity index (χ4n) is 6.00. The van der Waals surface area contributed by atoms with Crippen molar-refractivity contribution >= 4 is 21.9 Å². The first kappa shape index (κ1) is 26.8. The second-order valence-corrected chi connectivity index (χ2v) is 11.2. The van der Waals surface area contributed by atoms with Crippen molar-refractivity contribution in [3.05, 3.63) is 146 Å². The van der Waals surface area contributed by atoms with Crippen LogP contribution < -0.4 is 0 Å². The van der Waals surface area contributed by atoms with E-state index in [1.807, 2.05) is 109 Å². The van der Waals surface area contributed by atoms with Crippen LogP contribution in [0.2, 0.25) is 0 Å². The lowest BCUT2D eigenvalue weighted by Gasteiger charge is -2.13. The van der Waals surface area contributed by atoms with Crippen molar-refractivity contribution in [1.82, 2.24) is 20.4 Å². The van der Waals surface area contributed by atoms with E-state index in [9.17, 15) is 0 Å². The number of hydrogen-bond acceptors (Lipinski definition) is 7. The molecule has 0 fully saturated rings. The van der Waals surface area contributed by atoms with Crippen LogP contribution in [0.25, 0.3) is 90.0 Å². The number of nitrogens with zero attached hydrogens (tertiary/aromatic N) is 4. The summed E-state index contributed by atoms with van der Waals surface area (Å²) in [6, 6.07) is 48.3. The first-order valence-corrected chi connectivity index (χ1v) is 15.2. The maximum Gasteiger partial charge on any atom is 0.248 e. The van der Waals surface area contributed by atoms with Crippen molar-refractivity contribution in [3.63, 3.8) is 0 Å². The van der Waals surface area contributed by atoms with E-state index in [0.29, 0.717) is 23.6 Å². The maximum atomic E-state index is 6.30. The Balaban J connectivity index is 1.12. The molecule has 0 atom stereocenters. The Morgan fingerprint density at radius 3 is 1.32 bits per heavy atom. The predicted octanol–water partition coefficient (Wildman–Crippen LogP) is 10.4. The van der Waals surface area contributed by atoms with E-state index in [-0.39, 0.29) is 0 Å². The Labute approximate surface area is 268 Å². The summed E-state index contributed by atoms with van der Waals surface area (Å²) in [5.41, 5.74) is 9.36. The third-order valence-corrected chi connectivity index (χ3v) is 8.30. The van der Waals surface area contributed by atoms with Gasteiger partial charge in [-0.15, -0.1) is 20.4 Å². The van der Waals surface area contributed by atoms with Gasteiger partial charge in [-0.3, -0.25) is 0 Å². The molecule has 0 aliphatic rings. The lowest BCUT2D eigenvalue weighted by Crippen LogP contribution is -1.88. The minimum Gasteiger partial charge on any atom is -0.456 e. The fourth-order valence-corrected chi connectivity index (χ4v) is 6.00. The molecule has 0 aliphatic carbocycles. The van der Waals surface area contributed by atoms with Crippen LogP contribution in [-0.2, 0) is 0 Å². The quantitative estimate of drug-likeness (QED) is 0.185. The van der Waals surface area contributed by atoms with Crippen molar-refractivity contribution in [3.8, 4) is 68.1 Å². The van der Waals surface area contributed by atoms with Gasteiger partial charge in [0.25, 0.3) is 0 Å². The zero-order valence-corrected chi connectivity index (χ0v) is 24.9. The minimum atomic E-state index is 0.467. The lowest BCUT2D eigenvalue weighted by molar-refractivity contribution is 0.584. The van der Waals surface area contributed by atoms with Gasteiger partial charge in [0.05, 0.1) is 0 Å². The molecular formula is C40H24N4O3. The van der Waals surface area contributed by atoms with Gasteiger partial charge in [-0.1, -0.05) is 84.9 Å². The Morgan fingerprint density at radius 2 is 0.766 bits per heavy atom. The van der Waals surface area contributed by atoms with Crippen molar-refractivity contribution in [1.29, 1.82) is 0 Å². The third-order valence-electron chi connectivity index (χ3n) is 8.30. The summed E-state index contributed by atoms with van der Waals surface area (Å²) in [4.78, 5) is 0. The number of furan rings is 1. The Bertz CT molecular complexity index is 2500. The molecule has 9 rings (SSSR count). The van der Waals surface area contributed by atoms with Gasteiger partial charge in [0.15, 0.2) is 0 Å². The van der Waals surface area contributed by atoms with Crippen molar-refractivity contribution < 1.29 is 13.3 Å². The summed E-state index contributed by atoms with van der Waals surface area (Å²) < 4.78 is 18.3. The van der Waals surface area contributed by atoms with Crippen LogP contribution in [0.5, 0.6) is 0 Å². The highest BCUT2D eigenvalue weighted by molar-refractivity contribution is 6.15. The number of rotatable bonds is 6. The first-order chi connectivity index (χ1) is 23.3. The molecule has 0 spiro atoms. The van der Waals surface area contributed by atoms with Gasteiger partial charge in [0, 0.05) is 38.6 Å². The highest BCUT2D eigenvalue weighted by Crippen LogP contribution is 2.43. The van der Waals surface area contributed by atoms with Gasteiger partial charge in [0.2, 0.25) is 23.6 Å². The fraction of sp³-hybridized carbons (Fsp3) is 0. The molecule has 0 saturated carbocycles. The second kappa shape index (κ2) is 11.1. The Hall–Kier alpha value is -6.60. The van der Waals surface area contributed by atoms with Crippen LogP contribution in [0.4, 0.5) is 0 Å². The molecule has 9 aromatic rings. The van der Waals surface area contributed by atoms with Crippen LogP contribution in [0, 0.1) is 0 Å². The molecule has 0 N–H and O–H groups in total. The van der Waals surface area contributed by atoms with Gasteiger partial charge in [-0.05, 0) is 77.4 Å². The average Bonchev–Trinajstić information content (AvgIpc) is 3.92. The number of aromatic nitrogens is 4. The molecule has 3 heterocycles. The molecule has 7 nitrogen and oxygen atoms in total. The van der Waals surface area contributed by atoms with Crippen LogP contribution in [0.1, 0.15) is 0 Å². The number of hydrogen-bond donors (Lipinski definition) is 0. The van der Waals surface area contributed by atoms with E-state index >= 15 is 0 Å². The van der Waals surface area contributed by atoms with E-state index in [1.54, 1.807) is 0 Å². The van der Waals surface area contributed by atoms with Gasteiger partial charge >= 0.3 is 0 Å². The van der Waals surface area contributed by atoms with Gasteiger partial charge in [-0.2, -0.15) is 0 Å². The average molecular weight is 609 g/mol. The molecular weight excluding hydrogens is 584 g/mol. The zero-order valence-electron chi connectivity index (χ0n) is 24.9. The van der Waals surface area contributed by atoms with E-state index in [2.05, 4.69) is 56.8 Å². The molecule has 0 aliphatic heterocycles. The topological polar surface area (TPSA) is 91.0 Å². The summed E-state index contributed by atoms with van der Waals surface area (Å²) in [6.07, 6.45) is 0. The maximum absolute atomic E-state index is 6.30. The molecule has 7 heteroatoms. The Morgan fingerprint density at radius 1 is 0.319 bits per heavy atom. The van der Waals surface area contributed by atoms with Crippen molar-refractivity contribution in [2.45, 2.75) is 0 Å². The summed E-state index contributed by atoms with van der Waals surface area (Å²) >= 11 is 0. The summed E-state index contributed by atoms with van der Waals surface area (Å²) in [5, 5.41) is 19.3. The van der Waals surface area contributed by atoms with Crippen molar-refractivity contribution in [2.75, 3.05) is 0 Å². The summed E-state index contributed by atoms with van der Waals surface area (Å²) in [7, 11) is 0. The molecule has 3 aromatic heterocycles. The normalized spacial score (nSPS) is 11.4. The first-order valence-electron chi connectivity index (χ1n) is 15.2. The monoisotopic (exact) mass is 608 g/mol. The highest BCUT2D eigenvalue weighted by Gasteiger charge is 2.19. The van der Waals surface area contributed by atoms with Gasteiger partial charge < -0.3 is 13.3 Å². The lowest BCUT2D eigenvalue weighted by atomic mass is 9.90. The van der Waals surface area contributed by atoms with E-state index in [1.165, 1.54) is 0 Å². The van der Waals surface area contributed by atoms with Crippen LogP contribution in [0.15, 0.2) is 159 Å². The summed E-state index contributed by atoms with van der Waals surface area (Å²) in [5.74, 6) is 1.92. The second-order valence-electron chi connectivity index (χ2n) is 11.2. The van der Waals surface area contributed by atoms with E-state index in [4.69, 9.17) is 13.3 Å².